The number of aromatic nitrogens is 2. The van der Waals surface area contributed by atoms with Crippen LogP contribution >= 0.6 is 0 Å². The number of benzene rings is 1. The van der Waals surface area contributed by atoms with Gasteiger partial charge in [-0.25, -0.2) is 0 Å². The molecule has 0 aliphatic heterocycles. The predicted octanol–water partition coefficient (Wildman–Crippen LogP) is 2.85. The van der Waals surface area contributed by atoms with Gasteiger partial charge in [-0.3, -0.25) is 19.6 Å². The molecule has 6 nitrogen and oxygen atoms in total. The fourth-order valence-corrected chi connectivity index (χ4v) is 1.72. The summed E-state index contributed by atoms with van der Waals surface area (Å²) in [6.45, 7) is 3.92. The van der Waals surface area contributed by atoms with E-state index >= 15 is 0 Å². The molecule has 2 aromatic rings. The normalized spacial score (nSPS) is 10.7. The third-order valence-electron chi connectivity index (χ3n) is 2.77. The van der Waals surface area contributed by atoms with Gasteiger partial charge in [0.05, 0.1) is 10.5 Å². The Bertz CT molecular complexity index is 615. The second-order valence-corrected chi connectivity index (χ2v) is 4.43. The topological polar surface area (TPSA) is 78.0 Å². The van der Waals surface area contributed by atoms with Crippen molar-refractivity contribution in [2.24, 2.45) is 0 Å². The maximum absolute atomic E-state index is 11.1. The van der Waals surface area contributed by atoms with Crippen LogP contribution in [-0.4, -0.2) is 21.0 Å². The van der Waals surface area contributed by atoms with Crippen molar-refractivity contribution in [3.05, 3.63) is 46.1 Å². The summed E-state index contributed by atoms with van der Waals surface area (Å²) in [6.07, 6.45) is 2.41. The third kappa shape index (κ3) is 2.52. The van der Waals surface area contributed by atoms with Gasteiger partial charge in [0.2, 0.25) is 0 Å². The van der Waals surface area contributed by atoms with E-state index in [-0.39, 0.29) is 11.7 Å². The first-order chi connectivity index (χ1) is 9.02. The molecule has 0 fully saturated rings. The summed E-state index contributed by atoms with van der Waals surface area (Å²) < 4.78 is 1.69. The lowest BCUT2D eigenvalue weighted by atomic mass is 10.1. The number of non-ortho nitro benzene ring substituents is 1. The van der Waals surface area contributed by atoms with Crippen LogP contribution in [0.4, 0.5) is 5.69 Å². The molecule has 0 unspecified atom stereocenters. The predicted molar refractivity (Wildman–Crippen MR) is 70.1 cm³/mol. The summed E-state index contributed by atoms with van der Waals surface area (Å²) in [5.41, 5.74) is 1.72. The lowest BCUT2D eigenvalue weighted by Crippen LogP contribution is -2.00. The SMILES string of the molecule is CC(C)n1cc(C=O)c(-c2ccc([N+](=O)[O-])cc2)n1. The second-order valence-electron chi connectivity index (χ2n) is 4.43. The molecule has 0 radical (unpaired) electrons. The Labute approximate surface area is 109 Å². The molecule has 0 bridgehead atoms. The van der Waals surface area contributed by atoms with Crippen molar-refractivity contribution >= 4 is 12.0 Å². The fraction of sp³-hybridized carbons (Fsp3) is 0.231. The van der Waals surface area contributed by atoms with Gasteiger partial charge < -0.3 is 0 Å². The summed E-state index contributed by atoms with van der Waals surface area (Å²) in [6, 6.07) is 6.14. The zero-order valence-corrected chi connectivity index (χ0v) is 10.6. The highest BCUT2D eigenvalue weighted by molar-refractivity contribution is 5.85. The summed E-state index contributed by atoms with van der Waals surface area (Å²) in [4.78, 5) is 21.2. The monoisotopic (exact) mass is 259 g/mol. The van der Waals surface area contributed by atoms with Crippen LogP contribution in [0, 0.1) is 10.1 Å². The van der Waals surface area contributed by atoms with Gasteiger partial charge in [0, 0.05) is 29.9 Å². The van der Waals surface area contributed by atoms with E-state index in [9.17, 15) is 14.9 Å². The van der Waals surface area contributed by atoms with E-state index in [0.29, 0.717) is 16.8 Å². The van der Waals surface area contributed by atoms with Crippen molar-refractivity contribution in [1.29, 1.82) is 0 Å². The van der Waals surface area contributed by atoms with E-state index in [0.717, 1.165) is 6.29 Å². The molecule has 1 heterocycles. The quantitative estimate of drug-likeness (QED) is 0.480. The van der Waals surface area contributed by atoms with Gasteiger partial charge in [0.25, 0.3) is 5.69 Å². The Morgan fingerprint density at radius 1 is 1.32 bits per heavy atom. The van der Waals surface area contributed by atoms with Gasteiger partial charge in [-0.1, -0.05) is 0 Å². The fourth-order valence-electron chi connectivity index (χ4n) is 1.72. The van der Waals surface area contributed by atoms with E-state index in [1.165, 1.54) is 12.1 Å². The number of hydrogen-bond acceptors (Lipinski definition) is 4. The molecule has 0 saturated carbocycles. The molecule has 0 spiro atoms. The maximum atomic E-state index is 11.1. The van der Waals surface area contributed by atoms with Crippen LogP contribution in [0.5, 0.6) is 0 Å². The van der Waals surface area contributed by atoms with E-state index in [1.54, 1.807) is 23.0 Å². The molecule has 0 atom stereocenters. The Hall–Kier alpha value is -2.50. The number of carbonyl (C=O) groups excluding carboxylic acids is 1. The molecule has 6 heteroatoms. The van der Waals surface area contributed by atoms with Crippen LogP contribution in [0.3, 0.4) is 0 Å². The van der Waals surface area contributed by atoms with Crippen molar-refractivity contribution in [3.63, 3.8) is 0 Å². The molecule has 1 aromatic heterocycles. The number of carbonyl (C=O) groups is 1. The van der Waals surface area contributed by atoms with Crippen molar-refractivity contribution in [2.75, 3.05) is 0 Å². The van der Waals surface area contributed by atoms with Crippen LogP contribution in [0.1, 0.15) is 30.2 Å². The highest BCUT2D eigenvalue weighted by Gasteiger charge is 2.13. The Morgan fingerprint density at radius 2 is 1.95 bits per heavy atom. The smallest absolute Gasteiger partial charge is 0.269 e. The minimum atomic E-state index is -0.461. The number of nitro benzene ring substituents is 1. The average Bonchev–Trinajstić information content (AvgIpc) is 2.83. The van der Waals surface area contributed by atoms with Gasteiger partial charge in [0.1, 0.15) is 5.69 Å². The highest BCUT2D eigenvalue weighted by Crippen LogP contribution is 2.24. The van der Waals surface area contributed by atoms with Gasteiger partial charge in [-0.05, 0) is 26.0 Å². The lowest BCUT2D eigenvalue weighted by molar-refractivity contribution is -0.384. The molecule has 98 valence electrons. The number of nitro groups is 1. The zero-order chi connectivity index (χ0) is 14.0. The standard InChI is InChI=1S/C13H13N3O3/c1-9(2)15-7-11(8-17)13(14-15)10-3-5-12(6-4-10)16(18)19/h3-9H,1-2H3. The molecular formula is C13H13N3O3. The average molecular weight is 259 g/mol. The molecular weight excluding hydrogens is 246 g/mol. The first kappa shape index (κ1) is 12.9. The highest BCUT2D eigenvalue weighted by atomic mass is 16.6. The van der Waals surface area contributed by atoms with E-state index in [2.05, 4.69) is 5.10 Å². The molecule has 1 aromatic carbocycles. The van der Waals surface area contributed by atoms with Gasteiger partial charge in [-0.2, -0.15) is 5.10 Å². The van der Waals surface area contributed by atoms with Crippen LogP contribution in [-0.2, 0) is 0 Å². The second kappa shape index (κ2) is 5.01. The molecule has 0 N–H and O–H groups in total. The Morgan fingerprint density at radius 3 is 2.42 bits per heavy atom. The van der Waals surface area contributed by atoms with Crippen LogP contribution in [0.15, 0.2) is 30.5 Å². The number of nitrogens with zero attached hydrogens (tertiary/aromatic N) is 3. The summed E-state index contributed by atoms with van der Waals surface area (Å²) in [7, 11) is 0. The first-order valence-corrected chi connectivity index (χ1v) is 5.82. The summed E-state index contributed by atoms with van der Waals surface area (Å²) >= 11 is 0. The number of hydrogen-bond donors (Lipinski definition) is 0. The zero-order valence-electron chi connectivity index (χ0n) is 10.6. The molecule has 0 saturated heterocycles. The van der Waals surface area contributed by atoms with E-state index in [4.69, 9.17) is 0 Å². The van der Waals surface area contributed by atoms with Gasteiger partial charge in [-0.15, -0.1) is 0 Å². The molecule has 0 aliphatic rings. The third-order valence-corrected chi connectivity index (χ3v) is 2.77. The lowest BCUT2D eigenvalue weighted by Gasteiger charge is -2.03. The van der Waals surface area contributed by atoms with Crippen molar-refractivity contribution in [3.8, 4) is 11.3 Å². The molecule has 19 heavy (non-hydrogen) atoms. The Kier molecular flexibility index (Phi) is 3.41. The Balaban J connectivity index is 2.45. The maximum Gasteiger partial charge on any atom is 0.269 e. The molecule has 2 rings (SSSR count). The number of rotatable bonds is 4. The van der Waals surface area contributed by atoms with E-state index in [1.807, 2.05) is 13.8 Å². The van der Waals surface area contributed by atoms with Gasteiger partial charge in [0.15, 0.2) is 6.29 Å². The molecule has 0 amide bonds. The van der Waals surface area contributed by atoms with Crippen LogP contribution < -0.4 is 0 Å². The minimum absolute atomic E-state index is 0.0136. The summed E-state index contributed by atoms with van der Waals surface area (Å²) in [5, 5.41) is 14.9. The minimum Gasteiger partial charge on any atom is -0.298 e. The van der Waals surface area contributed by atoms with E-state index < -0.39 is 4.92 Å². The van der Waals surface area contributed by atoms with Crippen molar-refractivity contribution in [2.45, 2.75) is 19.9 Å². The van der Waals surface area contributed by atoms with Crippen LogP contribution in [0.25, 0.3) is 11.3 Å². The largest absolute Gasteiger partial charge is 0.298 e. The number of aldehydes is 1. The van der Waals surface area contributed by atoms with Crippen molar-refractivity contribution < 1.29 is 9.72 Å². The summed E-state index contributed by atoms with van der Waals surface area (Å²) in [5.74, 6) is 0. The van der Waals surface area contributed by atoms with Crippen LogP contribution in [0.2, 0.25) is 0 Å². The first-order valence-electron chi connectivity index (χ1n) is 5.82. The van der Waals surface area contributed by atoms with Gasteiger partial charge >= 0.3 is 0 Å². The molecule has 0 aliphatic carbocycles. The van der Waals surface area contributed by atoms with Crippen molar-refractivity contribution in [1.82, 2.24) is 9.78 Å².